The summed E-state index contributed by atoms with van der Waals surface area (Å²) in [4.78, 5) is 0. The second-order valence-electron chi connectivity index (χ2n) is 1.47. The first kappa shape index (κ1) is 9.86. The van der Waals surface area contributed by atoms with Crippen LogP contribution in [-0.2, 0) is 11.1 Å². The van der Waals surface area contributed by atoms with E-state index in [1.54, 1.807) is 0 Å². The van der Waals surface area contributed by atoms with Crippen LogP contribution in [0, 0.1) is 0 Å². The molecule has 0 saturated carbocycles. The molecule has 1 N–H and O–H groups in total. The van der Waals surface area contributed by atoms with Crippen LogP contribution in [0.4, 0.5) is 13.2 Å². The molecule has 0 aromatic carbocycles. The smallest absolute Gasteiger partial charge is 0.404 e. The molecule has 10 heavy (non-hydrogen) atoms. The van der Waals surface area contributed by atoms with Gasteiger partial charge in [-0.2, -0.15) is 13.2 Å². The van der Waals surface area contributed by atoms with E-state index < -0.39 is 29.1 Å². The van der Waals surface area contributed by atoms with Gasteiger partial charge in [-0.25, -0.2) is 0 Å². The third kappa shape index (κ3) is 2.63. The summed E-state index contributed by atoms with van der Waals surface area (Å²) in [5, 5.41) is 5.26. The normalized spacial score (nSPS) is 18.5. The zero-order valence-electron chi connectivity index (χ0n) is 4.59. The molecule has 0 bridgehead atoms. The quantitative estimate of drug-likeness (QED) is 0.593. The van der Waals surface area contributed by atoms with Crippen molar-refractivity contribution in [1.29, 1.82) is 0 Å². The maximum Gasteiger partial charge on any atom is 0.404 e. The molecule has 0 aromatic rings. The monoisotopic (exact) mass is 177 g/mol. The van der Waals surface area contributed by atoms with Crippen molar-refractivity contribution in [1.82, 2.24) is 0 Å². The van der Waals surface area contributed by atoms with Gasteiger partial charge in [-0.15, -0.1) is 0 Å². The number of aliphatic hydroxyl groups is 1. The average Bonchev–Trinajstić information content (AvgIpc) is 1.60. The van der Waals surface area contributed by atoms with Crippen molar-refractivity contribution in [3.05, 3.63) is 0 Å². The Hall–Kier alpha value is -0.140. The van der Waals surface area contributed by atoms with Gasteiger partial charge in [-0.1, -0.05) is 0 Å². The van der Waals surface area contributed by atoms with Crippen LogP contribution in [0.2, 0.25) is 0 Å². The molecule has 0 heterocycles. The molecule has 0 aliphatic carbocycles. The summed E-state index contributed by atoms with van der Waals surface area (Å²) in [5.74, 6) is 0. The molecule has 0 rings (SSSR count). The van der Waals surface area contributed by atoms with E-state index in [-0.39, 0.29) is 0 Å². The zero-order chi connectivity index (χ0) is 8.36. The second-order valence-corrected chi connectivity index (χ2v) is 2.56. The molecular weight excluding hydrogens is 173 g/mol. The average molecular weight is 177 g/mol. The van der Waals surface area contributed by atoms with Crippen LogP contribution in [0.5, 0.6) is 0 Å². The summed E-state index contributed by atoms with van der Waals surface area (Å²) >= 11 is -3.30. The maximum atomic E-state index is 11.4. The summed E-state index contributed by atoms with van der Waals surface area (Å²) in [6, 6.07) is 0. The first-order chi connectivity index (χ1) is 4.39. The summed E-state index contributed by atoms with van der Waals surface area (Å²) in [6.45, 7) is -1.43. The third-order valence-corrected chi connectivity index (χ3v) is 1.64. The highest BCUT2D eigenvalue weighted by Gasteiger charge is 2.40. The van der Waals surface area contributed by atoms with Crippen molar-refractivity contribution in [3.63, 3.8) is 0 Å². The van der Waals surface area contributed by atoms with E-state index in [9.17, 15) is 21.9 Å². The lowest BCUT2D eigenvalue weighted by Gasteiger charge is -2.19. The SMILES string of the molecule is O=S([O-])C(CO)C(F)(F)F. The molecule has 2 atom stereocenters. The van der Waals surface area contributed by atoms with Gasteiger partial charge in [0, 0.05) is 0 Å². The minimum atomic E-state index is -4.87. The van der Waals surface area contributed by atoms with Crippen LogP contribution in [0.25, 0.3) is 0 Å². The van der Waals surface area contributed by atoms with Gasteiger partial charge in [-0.3, -0.25) is 4.21 Å². The minimum absolute atomic E-state index is 1.43. The molecule has 7 heteroatoms. The van der Waals surface area contributed by atoms with Crippen molar-refractivity contribution >= 4 is 11.1 Å². The fraction of sp³-hybridized carbons (Fsp3) is 1.00. The van der Waals surface area contributed by atoms with Crippen LogP contribution in [-0.4, -0.2) is 31.9 Å². The van der Waals surface area contributed by atoms with E-state index in [2.05, 4.69) is 0 Å². The zero-order valence-corrected chi connectivity index (χ0v) is 5.41. The number of alkyl halides is 3. The van der Waals surface area contributed by atoms with Gasteiger partial charge in [0.1, 0.15) is 5.25 Å². The maximum absolute atomic E-state index is 11.4. The van der Waals surface area contributed by atoms with Gasteiger partial charge in [0.25, 0.3) is 0 Å². The second kappa shape index (κ2) is 3.31. The summed E-state index contributed by atoms with van der Waals surface area (Å²) in [6.07, 6.45) is -4.87. The van der Waals surface area contributed by atoms with Crippen molar-refractivity contribution in [3.8, 4) is 0 Å². The molecular formula is C3H4F3O3S-. The lowest BCUT2D eigenvalue weighted by molar-refractivity contribution is -0.137. The van der Waals surface area contributed by atoms with Crippen LogP contribution >= 0.6 is 0 Å². The molecule has 3 nitrogen and oxygen atoms in total. The first-order valence-corrected chi connectivity index (χ1v) is 3.29. The predicted molar refractivity (Wildman–Crippen MR) is 25.8 cm³/mol. The predicted octanol–water partition coefficient (Wildman–Crippen LogP) is -0.211. The lowest BCUT2D eigenvalue weighted by Crippen LogP contribution is -2.36. The fourth-order valence-electron chi connectivity index (χ4n) is 0.273. The molecule has 0 amide bonds. The Kier molecular flexibility index (Phi) is 3.26. The van der Waals surface area contributed by atoms with E-state index in [1.807, 2.05) is 0 Å². The Morgan fingerprint density at radius 3 is 2.00 bits per heavy atom. The Bertz CT molecular complexity index is 133. The molecule has 62 valence electrons. The topological polar surface area (TPSA) is 60.4 Å². The lowest BCUT2D eigenvalue weighted by atomic mass is 10.4. The number of hydrogen-bond acceptors (Lipinski definition) is 3. The highest BCUT2D eigenvalue weighted by atomic mass is 32.2. The summed E-state index contributed by atoms with van der Waals surface area (Å²) in [7, 11) is 0. The van der Waals surface area contributed by atoms with E-state index >= 15 is 0 Å². The van der Waals surface area contributed by atoms with Gasteiger partial charge in [0.15, 0.2) is 0 Å². The van der Waals surface area contributed by atoms with Gasteiger partial charge in [-0.05, 0) is 11.1 Å². The van der Waals surface area contributed by atoms with Crippen LogP contribution < -0.4 is 0 Å². The highest BCUT2D eigenvalue weighted by molar-refractivity contribution is 7.79. The minimum Gasteiger partial charge on any atom is -0.772 e. The van der Waals surface area contributed by atoms with E-state index in [0.29, 0.717) is 0 Å². The van der Waals surface area contributed by atoms with Gasteiger partial charge >= 0.3 is 6.18 Å². The summed E-state index contributed by atoms with van der Waals surface area (Å²) < 4.78 is 53.6. The van der Waals surface area contributed by atoms with Crippen LogP contribution in [0.15, 0.2) is 0 Å². The number of hydrogen-bond donors (Lipinski definition) is 1. The van der Waals surface area contributed by atoms with Gasteiger partial charge in [0.05, 0.1) is 6.61 Å². The highest BCUT2D eigenvalue weighted by Crippen LogP contribution is 2.22. The molecule has 0 spiro atoms. The van der Waals surface area contributed by atoms with Crippen molar-refractivity contribution in [2.45, 2.75) is 11.4 Å². The summed E-state index contributed by atoms with van der Waals surface area (Å²) in [5.41, 5.74) is 0. The van der Waals surface area contributed by atoms with E-state index in [4.69, 9.17) is 5.11 Å². The number of halogens is 3. The van der Waals surface area contributed by atoms with Gasteiger partial charge < -0.3 is 9.66 Å². The Morgan fingerprint density at radius 1 is 1.60 bits per heavy atom. The molecule has 0 aliphatic heterocycles. The molecule has 0 aromatic heterocycles. The van der Waals surface area contributed by atoms with Crippen LogP contribution in [0.3, 0.4) is 0 Å². The van der Waals surface area contributed by atoms with Crippen LogP contribution in [0.1, 0.15) is 0 Å². The first-order valence-electron chi connectivity index (χ1n) is 2.15. The largest absolute Gasteiger partial charge is 0.772 e. The van der Waals surface area contributed by atoms with Crippen molar-refractivity contribution in [2.75, 3.05) is 6.61 Å². The number of rotatable bonds is 2. The van der Waals surface area contributed by atoms with Crippen molar-refractivity contribution < 1.29 is 27.0 Å². The van der Waals surface area contributed by atoms with Crippen molar-refractivity contribution in [2.24, 2.45) is 0 Å². The molecule has 0 aliphatic rings. The molecule has 2 unspecified atom stereocenters. The Morgan fingerprint density at radius 2 is 2.00 bits per heavy atom. The fourth-order valence-corrected chi connectivity index (χ4v) is 0.613. The Balaban J connectivity index is 4.22. The molecule has 0 radical (unpaired) electrons. The van der Waals surface area contributed by atoms with E-state index in [1.165, 1.54) is 0 Å². The van der Waals surface area contributed by atoms with Gasteiger partial charge in [0.2, 0.25) is 0 Å². The Labute approximate surface area is 57.1 Å². The van der Waals surface area contributed by atoms with E-state index in [0.717, 1.165) is 0 Å². The molecule has 0 fully saturated rings. The number of aliphatic hydroxyl groups excluding tert-OH is 1. The molecule has 0 saturated heterocycles. The standard InChI is InChI=1S/C3H5F3O3S/c4-3(5,6)2(1-7)10(8)9/h2,7H,1H2,(H,8,9)/p-1. The third-order valence-electron chi connectivity index (χ3n) is 0.763.